The molecule has 0 fully saturated rings. The summed E-state index contributed by atoms with van der Waals surface area (Å²) in [6, 6.07) is 6.16. The number of Topliss-reactive ketones (excluding diaryl/α,β-unsaturated/α-hetero) is 1. The van der Waals surface area contributed by atoms with Crippen molar-refractivity contribution in [1.29, 1.82) is 0 Å². The van der Waals surface area contributed by atoms with Gasteiger partial charge in [-0.15, -0.1) is 0 Å². The molecule has 0 unspecified atom stereocenters. The van der Waals surface area contributed by atoms with Gasteiger partial charge in [0.1, 0.15) is 0 Å². The molecule has 0 amide bonds. The second kappa shape index (κ2) is 3.68. The summed E-state index contributed by atoms with van der Waals surface area (Å²) >= 11 is 5.59. The molecule has 0 aliphatic heterocycles. The van der Waals surface area contributed by atoms with Gasteiger partial charge in [-0.25, -0.2) is 4.39 Å². The molecule has 0 spiro atoms. The van der Waals surface area contributed by atoms with Crippen LogP contribution in [-0.2, 0) is 0 Å². The Kier molecular flexibility index (Phi) is 2.82. The molecule has 0 N–H and O–H groups in total. The molecule has 12 heavy (non-hydrogen) atoms. The number of ketones is 1. The molecule has 0 aliphatic carbocycles. The molecule has 1 aromatic carbocycles. The van der Waals surface area contributed by atoms with Crippen LogP contribution in [0, 0.1) is 0 Å². The first-order chi connectivity index (χ1) is 5.61. The van der Waals surface area contributed by atoms with Crippen molar-refractivity contribution < 1.29 is 9.18 Å². The summed E-state index contributed by atoms with van der Waals surface area (Å²) in [5.41, 5.74) is 0.356. The molecule has 0 aromatic heterocycles. The van der Waals surface area contributed by atoms with Gasteiger partial charge < -0.3 is 0 Å². The molecule has 1 aromatic rings. The number of halogens is 2. The summed E-state index contributed by atoms with van der Waals surface area (Å²) in [7, 11) is 0. The minimum atomic E-state index is -1.45. The van der Waals surface area contributed by atoms with Crippen molar-refractivity contribution >= 4 is 17.4 Å². The normalized spacial score (nSPS) is 12.6. The van der Waals surface area contributed by atoms with E-state index in [1.54, 1.807) is 12.1 Å². The van der Waals surface area contributed by atoms with E-state index in [4.69, 9.17) is 11.6 Å². The van der Waals surface area contributed by atoms with Crippen molar-refractivity contribution in [2.75, 3.05) is 0 Å². The van der Waals surface area contributed by atoms with Gasteiger partial charge in [0, 0.05) is 10.6 Å². The van der Waals surface area contributed by atoms with Gasteiger partial charge in [-0.1, -0.05) is 11.6 Å². The Hall–Kier alpha value is -0.890. The Morgan fingerprint density at radius 3 is 2.33 bits per heavy atom. The van der Waals surface area contributed by atoms with Gasteiger partial charge in [0.05, 0.1) is 0 Å². The van der Waals surface area contributed by atoms with Crippen LogP contribution in [-0.4, -0.2) is 12.0 Å². The standard InChI is InChI=1S/C9H8ClFO/c1-6(11)9(12)7-2-4-8(10)5-3-7/h2-6H,1H3/t6-/m0/s1. The van der Waals surface area contributed by atoms with E-state index in [2.05, 4.69) is 0 Å². The Morgan fingerprint density at radius 2 is 1.92 bits per heavy atom. The Morgan fingerprint density at radius 1 is 1.42 bits per heavy atom. The van der Waals surface area contributed by atoms with E-state index in [-0.39, 0.29) is 0 Å². The minimum Gasteiger partial charge on any atom is -0.291 e. The van der Waals surface area contributed by atoms with E-state index in [9.17, 15) is 9.18 Å². The molecule has 1 atom stereocenters. The van der Waals surface area contributed by atoms with E-state index in [1.807, 2.05) is 0 Å². The smallest absolute Gasteiger partial charge is 0.196 e. The highest BCUT2D eigenvalue weighted by atomic mass is 35.5. The minimum absolute atomic E-state index is 0.356. The van der Waals surface area contributed by atoms with Gasteiger partial charge in [-0.3, -0.25) is 4.79 Å². The fourth-order valence-electron chi connectivity index (χ4n) is 0.844. The first kappa shape index (κ1) is 9.20. The average Bonchev–Trinajstić information content (AvgIpc) is 2.04. The quantitative estimate of drug-likeness (QED) is 0.650. The zero-order valence-electron chi connectivity index (χ0n) is 6.55. The van der Waals surface area contributed by atoms with Crippen LogP contribution >= 0.6 is 11.6 Å². The number of hydrogen-bond acceptors (Lipinski definition) is 1. The first-order valence-electron chi connectivity index (χ1n) is 3.55. The van der Waals surface area contributed by atoms with Crippen LogP contribution in [0.15, 0.2) is 24.3 Å². The van der Waals surface area contributed by atoms with E-state index in [0.29, 0.717) is 10.6 Å². The number of benzene rings is 1. The molecule has 0 saturated heterocycles. The second-order valence-electron chi connectivity index (χ2n) is 2.49. The highest BCUT2D eigenvalue weighted by molar-refractivity contribution is 6.30. The third-order valence-corrected chi connectivity index (χ3v) is 1.74. The summed E-state index contributed by atoms with van der Waals surface area (Å²) in [6.07, 6.45) is -1.45. The number of carbonyl (C=O) groups is 1. The second-order valence-corrected chi connectivity index (χ2v) is 2.92. The fraction of sp³-hybridized carbons (Fsp3) is 0.222. The third-order valence-electron chi connectivity index (χ3n) is 1.49. The van der Waals surface area contributed by atoms with E-state index in [0.717, 1.165) is 0 Å². The lowest BCUT2D eigenvalue weighted by Crippen LogP contribution is -2.10. The van der Waals surface area contributed by atoms with Crippen LogP contribution in [0.4, 0.5) is 4.39 Å². The maximum atomic E-state index is 12.5. The molecule has 0 aliphatic rings. The summed E-state index contributed by atoms with van der Waals surface area (Å²) in [4.78, 5) is 11.0. The molecule has 1 rings (SSSR count). The molecule has 0 radical (unpaired) electrons. The van der Waals surface area contributed by atoms with Crippen LogP contribution in [0.25, 0.3) is 0 Å². The van der Waals surface area contributed by atoms with Crippen LogP contribution in [0.1, 0.15) is 17.3 Å². The molecule has 1 nitrogen and oxygen atoms in total. The highest BCUT2D eigenvalue weighted by Crippen LogP contribution is 2.11. The highest BCUT2D eigenvalue weighted by Gasteiger charge is 2.12. The lowest BCUT2D eigenvalue weighted by atomic mass is 10.1. The van der Waals surface area contributed by atoms with E-state index < -0.39 is 12.0 Å². The molecule has 64 valence electrons. The molecular formula is C9H8ClFO. The maximum absolute atomic E-state index is 12.5. The number of carbonyl (C=O) groups excluding carboxylic acids is 1. The molecule has 0 heterocycles. The number of hydrogen-bond donors (Lipinski definition) is 0. The lowest BCUT2D eigenvalue weighted by Gasteiger charge is -2.00. The van der Waals surface area contributed by atoms with Gasteiger partial charge >= 0.3 is 0 Å². The van der Waals surface area contributed by atoms with Crippen LogP contribution in [0.2, 0.25) is 5.02 Å². The molecule has 0 bridgehead atoms. The monoisotopic (exact) mass is 186 g/mol. The third kappa shape index (κ3) is 2.05. The van der Waals surface area contributed by atoms with Gasteiger partial charge in [-0.2, -0.15) is 0 Å². The topological polar surface area (TPSA) is 17.1 Å². The summed E-state index contributed by atoms with van der Waals surface area (Å²) in [5, 5.41) is 0.540. The Labute approximate surface area is 75.2 Å². The molecule has 3 heteroatoms. The van der Waals surface area contributed by atoms with Crippen molar-refractivity contribution in [3.05, 3.63) is 34.9 Å². The van der Waals surface area contributed by atoms with Crippen LogP contribution in [0.3, 0.4) is 0 Å². The first-order valence-corrected chi connectivity index (χ1v) is 3.93. The SMILES string of the molecule is C[C@H](F)C(=O)c1ccc(Cl)cc1. The largest absolute Gasteiger partial charge is 0.291 e. The van der Waals surface area contributed by atoms with E-state index in [1.165, 1.54) is 19.1 Å². The van der Waals surface area contributed by atoms with Crippen molar-refractivity contribution in [2.45, 2.75) is 13.1 Å². The van der Waals surface area contributed by atoms with Crippen molar-refractivity contribution in [2.24, 2.45) is 0 Å². The van der Waals surface area contributed by atoms with E-state index >= 15 is 0 Å². The number of alkyl halides is 1. The van der Waals surface area contributed by atoms with Crippen LogP contribution in [0.5, 0.6) is 0 Å². The van der Waals surface area contributed by atoms with Gasteiger partial charge in [-0.05, 0) is 31.2 Å². The Bertz CT molecular complexity index is 279. The van der Waals surface area contributed by atoms with Gasteiger partial charge in [0.15, 0.2) is 12.0 Å². The van der Waals surface area contributed by atoms with Gasteiger partial charge in [0.25, 0.3) is 0 Å². The van der Waals surface area contributed by atoms with Gasteiger partial charge in [0.2, 0.25) is 0 Å². The summed E-state index contributed by atoms with van der Waals surface area (Å²) in [5.74, 6) is -0.508. The maximum Gasteiger partial charge on any atom is 0.196 e. The van der Waals surface area contributed by atoms with Crippen molar-refractivity contribution in [3.63, 3.8) is 0 Å². The van der Waals surface area contributed by atoms with Crippen LogP contribution < -0.4 is 0 Å². The molecule has 0 saturated carbocycles. The zero-order chi connectivity index (χ0) is 9.14. The predicted molar refractivity (Wildman–Crippen MR) is 46.4 cm³/mol. The fourth-order valence-corrected chi connectivity index (χ4v) is 0.970. The predicted octanol–water partition coefficient (Wildman–Crippen LogP) is 2.88. The lowest BCUT2D eigenvalue weighted by molar-refractivity contribution is 0.0893. The average molecular weight is 187 g/mol. The molecular weight excluding hydrogens is 179 g/mol. The zero-order valence-corrected chi connectivity index (χ0v) is 7.31. The Balaban J connectivity index is 2.90. The summed E-state index contributed by atoms with van der Waals surface area (Å²) < 4.78 is 12.5. The van der Waals surface area contributed by atoms with Crippen molar-refractivity contribution in [3.8, 4) is 0 Å². The van der Waals surface area contributed by atoms with Crippen molar-refractivity contribution in [1.82, 2.24) is 0 Å². The number of rotatable bonds is 2. The summed E-state index contributed by atoms with van der Waals surface area (Å²) in [6.45, 7) is 1.22.